The molecule has 2 aromatic heterocycles. The number of hydrogen-bond donors (Lipinski definition) is 2. The molecule has 1 atom stereocenters. The number of nitrogens with one attached hydrogen (secondary N) is 2. The molecule has 2 N–H and O–H groups in total. The smallest absolute Gasteiger partial charge is 0.315 e. The number of hydrogen-bond acceptors (Lipinski definition) is 5. The molecule has 2 amide bonds. The number of carbonyl (C=O) groups excluding carboxylic acids is 1. The monoisotopic (exact) mass is 414 g/mol. The molecule has 0 aliphatic heterocycles. The molecule has 0 aliphatic carbocycles. The molecule has 0 radical (unpaired) electrons. The Kier molecular flexibility index (Phi) is 7.19. The third-order valence-electron chi connectivity index (χ3n) is 4.25. The van der Waals surface area contributed by atoms with Gasteiger partial charge in [0.15, 0.2) is 0 Å². The minimum absolute atomic E-state index is 0.0440. The van der Waals surface area contributed by atoms with E-state index in [4.69, 9.17) is 0 Å². The van der Waals surface area contributed by atoms with Gasteiger partial charge in [-0.3, -0.25) is 0 Å². The van der Waals surface area contributed by atoms with Gasteiger partial charge in [-0.05, 0) is 45.1 Å². The van der Waals surface area contributed by atoms with Crippen LogP contribution in [0, 0.1) is 6.92 Å². The number of thiophene rings is 1. The van der Waals surface area contributed by atoms with Gasteiger partial charge in [0.05, 0.1) is 21.6 Å². The molecule has 28 heavy (non-hydrogen) atoms. The van der Waals surface area contributed by atoms with Crippen molar-refractivity contribution in [2.75, 3.05) is 27.2 Å². The first kappa shape index (κ1) is 20.5. The molecule has 0 aliphatic rings. The molecule has 0 bridgehead atoms. The number of nitrogens with zero attached hydrogens (tertiary/aromatic N) is 2. The molecule has 1 unspecified atom stereocenters. The first-order chi connectivity index (χ1) is 13.5. The van der Waals surface area contributed by atoms with Crippen LogP contribution in [0.3, 0.4) is 0 Å². The number of thiazole rings is 1. The maximum atomic E-state index is 12.4. The van der Waals surface area contributed by atoms with E-state index in [0.29, 0.717) is 6.54 Å². The van der Waals surface area contributed by atoms with Crippen molar-refractivity contribution in [3.63, 3.8) is 0 Å². The van der Waals surface area contributed by atoms with Crippen LogP contribution >= 0.6 is 22.7 Å². The second-order valence-corrected chi connectivity index (χ2v) is 9.12. The van der Waals surface area contributed by atoms with Gasteiger partial charge in [-0.15, -0.1) is 22.7 Å². The van der Waals surface area contributed by atoms with Crippen LogP contribution in [0.2, 0.25) is 0 Å². The van der Waals surface area contributed by atoms with Gasteiger partial charge in [0.1, 0.15) is 0 Å². The van der Waals surface area contributed by atoms with Crippen molar-refractivity contribution in [1.29, 1.82) is 0 Å². The molecule has 0 saturated carbocycles. The van der Waals surface area contributed by atoms with Crippen molar-refractivity contribution in [3.05, 3.63) is 63.3 Å². The Bertz CT molecular complexity index is 889. The molecule has 148 valence electrons. The fraction of sp³-hybridized carbons (Fsp3) is 0.333. The lowest BCUT2D eigenvalue weighted by molar-refractivity contribution is 0.233. The van der Waals surface area contributed by atoms with Crippen LogP contribution < -0.4 is 10.6 Å². The van der Waals surface area contributed by atoms with Gasteiger partial charge in [-0.2, -0.15) is 0 Å². The Balaban J connectivity index is 1.50. The Morgan fingerprint density at radius 3 is 2.64 bits per heavy atom. The van der Waals surface area contributed by atoms with E-state index in [1.165, 1.54) is 9.75 Å². The van der Waals surface area contributed by atoms with Crippen molar-refractivity contribution in [3.8, 4) is 10.6 Å². The summed E-state index contributed by atoms with van der Waals surface area (Å²) in [4.78, 5) is 21.4. The Labute approximate surface area is 174 Å². The molecule has 0 spiro atoms. The van der Waals surface area contributed by atoms with E-state index in [1.54, 1.807) is 22.7 Å². The Hall–Kier alpha value is -2.22. The molecular formula is C21H26N4OS2. The Morgan fingerprint density at radius 2 is 1.96 bits per heavy atom. The highest BCUT2D eigenvalue weighted by atomic mass is 32.1. The van der Waals surface area contributed by atoms with Gasteiger partial charge in [0, 0.05) is 23.3 Å². The number of amides is 2. The van der Waals surface area contributed by atoms with Gasteiger partial charge in [-0.1, -0.05) is 30.3 Å². The van der Waals surface area contributed by atoms with Crippen LogP contribution in [-0.4, -0.2) is 43.1 Å². The second kappa shape index (κ2) is 9.82. The lowest BCUT2D eigenvalue weighted by Gasteiger charge is -2.23. The van der Waals surface area contributed by atoms with Crippen LogP contribution in [0.15, 0.2) is 47.8 Å². The largest absolute Gasteiger partial charge is 0.338 e. The molecule has 0 fully saturated rings. The molecule has 2 heterocycles. The summed E-state index contributed by atoms with van der Waals surface area (Å²) in [5.74, 6) is 0. The van der Waals surface area contributed by atoms with Crippen molar-refractivity contribution >= 4 is 28.7 Å². The third kappa shape index (κ3) is 5.89. The summed E-state index contributed by atoms with van der Waals surface area (Å²) in [6, 6.07) is 14.1. The number of urea groups is 1. The summed E-state index contributed by atoms with van der Waals surface area (Å²) in [6.45, 7) is 3.37. The lowest BCUT2D eigenvalue weighted by atomic mass is 10.1. The highest BCUT2D eigenvalue weighted by molar-refractivity contribution is 7.16. The van der Waals surface area contributed by atoms with Crippen molar-refractivity contribution in [2.45, 2.75) is 19.4 Å². The topological polar surface area (TPSA) is 57.3 Å². The minimum atomic E-state index is -0.136. The highest BCUT2D eigenvalue weighted by Gasteiger charge is 2.15. The average Bonchev–Trinajstić information content (AvgIpc) is 3.30. The predicted molar refractivity (Wildman–Crippen MR) is 118 cm³/mol. The quantitative estimate of drug-likeness (QED) is 0.577. The fourth-order valence-electron chi connectivity index (χ4n) is 2.92. The summed E-state index contributed by atoms with van der Waals surface area (Å²) in [7, 11) is 4.02. The number of aromatic nitrogens is 1. The summed E-state index contributed by atoms with van der Waals surface area (Å²) in [5, 5.41) is 9.24. The van der Waals surface area contributed by atoms with Crippen LogP contribution in [0.1, 0.15) is 21.5 Å². The lowest BCUT2D eigenvalue weighted by Crippen LogP contribution is -2.42. The third-order valence-corrected chi connectivity index (χ3v) is 6.19. The number of benzene rings is 1. The standard InChI is InChI=1S/C21H26N4OS2/c1-15-23-19(14-27-15)20-10-9-17(28-20)11-12-22-21(26)24-18(13-25(2)3)16-7-5-4-6-8-16/h4-10,14,18H,11-13H2,1-3H3,(H2,22,24,26). The molecule has 3 rings (SSSR count). The SMILES string of the molecule is Cc1nc(-c2ccc(CCNC(=O)NC(CN(C)C)c3ccccc3)s2)cs1. The van der Waals surface area contributed by atoms with Crippen LogP contribution in [0.5, 0.6) is 0 Å². The van der Waals surface area contributed by atoms with E-state index in [1.807, 2.05) is 51.4 Å². The summed E-state index contributed by atoms with van der Waals surface area (Å²) >= 11 is 3.40. The fourth-order valence-corrected chi connectivity index (χ4v) is 4.58. The number of rotatable bonds is 8. The van der Waals surface area contributed by atoms with E-state index in [9.17, 15) is 4.79 Å². The van der Waals surface area contributed by atoms with Crippen molar-refractivity contribution < 1.29 is 4.79 Å². The molecule has 0 saturated heterocycles. The van der Waals surface area contributed by atoms with E-state index in [-0.39, 0.29) is 12.1 Å². The van der Waals surface area contributed by atoms with E-state index >= 15 is 0 Å². The van der Waals surface area contributed by atoms with Gasteiger partial charge in [0.25, 0.3) is 0 Å². The molecule has 1 aromatic carbocycles. The Morgan fingerprint density at radius 1 is 1.18 bits per heavy atom. The van der Waals surface area contributed by atoms with Gasteiger partial charge < -0.3 is 15.5 Å². The average molecular weight is 415 g/mol. The van der Waals surface area contributed by atoms with Gasteiger partial charge >= 0.3 is 6.03 Å². The molecule has 7 heteroatoms. The normalized spacial score (nSPS) is 12.1. The zero-order valence-corrected chi connectivity index (χ0v) is 18.1. The van der Waals surface area contributed by atoms with Crippen LogP contribution in [0.4, 0.5) is 4.79 Å². The van der Waals surface area contributed by atoms with Crippen LogP contribution in [-0.2, 0) is 6.42 Å². The summed E-state index contributed by atoms with van der Waals surface area (Å²) < 4.78 is 0. The summed E-state index contributed by atoms with van der Waals surface area (Å²) in [5.41, 5.74) is 2.15. The highest BCUT2D eigenvalue weighted by Crippen LogP contribution is 2.29. The molecule has 5 nitrogen and oxygen atoms in total. The van der Waals surface area contributed by atoms with Crippen LogP contribution in [0.25, 0.3) is 10.6 Å². The first-order valence-electron chi connectivity index (χ1n) is 9.26. The van der Waals surface area contributed by atoms with E-state index < -0.39 is 0 Å². The van der Waals surface area contributed by atoms with Crippen molar-refractivity contribution in [1.82, 2.24) is 20.5 Å². The van der Waals surface area contributed by atoms with Gasteiger partial charge in [0.2, 0.25) is 0 Å². The number of likely N-dealkylation sites (N-methyl/N-ethyl adjacent to an activating group) is 1. The van der Waals surface area contributed by atoms with E-state index in [0.717, 1.165) is 29.2 Å². The maximum Gasteiger partial charge on any atom is 0.315 e. The number of aryl methyl sites for hydroxylation is 1. The second-order valence-electron chi connectivity index (χ2n) is 6.89. The number of carbonyl (C=O) groups is 1. The maximum absolute atomic E-state index is 12.4. The van der Waals surface area contributed by atoms with Crippen molar-refractivity contribution in [2.24, 2.45) is 0 Å². The predicted octanol–water partition coefficient (Wildman–Crippen LogP) is 4.32. The molecule has 3 aromatic rings. The summed E-state index contributed by atoms with van der Waals surface area (Å²) in [6.07, 6.45) is 0.810. The first-order valence-corrected chi connectivity index (χ1v) is 11.0. The minimum Gasteiger partial charge on any atom is -0.338 e. The zero-order valence-electron chi connectivity index (χ0n) is 16.4. The van der Waals surface area contributed by atoms with E-state index in [2.05, 4.69) is 38.0 Å². The molecular weight excluding hydrogens is 388 g/mol. The zero-order chi connectivity index (χ0) is 19.9. The van der Waals surface area contributed by atoms with Gasteiger partial charge in [-0.25, -0.2) is 9.78 Å².